The lowest BCUT2D eigenvalue weighted by molar-refractivity contribution is -0.136. The molecule has 0 unspecified atom stereocenters. The lowest BCUT2D eigenvalue weighted by Crippen LogP contribution is -2.29. The first-order valence-electron chi connectivity index (χ1n) is 8.59. The fourth-order valence-corrected chi connectivity index (χ4v) is 3.12. The van der Waals surface area contributed by atoms with E-state index in [2.05, 4.69) is 25.6 Å². The van der Waals surface area contributed by atoms with E-state index in [4.69, 9.17) is 45.1 Å². The number of ether oxygens (including phenoxy) is 1. The van der Waals surface area contributed by atoms with Crippen molar-refractivity contribution in [2.24, 2.45) is 5.11 Å². The van der Waals surface area contributed by atoms with E-state index in [0.29, 0.717) is 0 Å². The first-order chi connectivity index (χ1) is 15.1. The normalized spacial score (nSPS) is 10.3. The predicted molar refractivity (Wildman–Crippen MR) is 111 cm³/mol. The minimum Gasteiger partial charge on any atom is -0.423 e. The van der Waals surface area contributed by atoms with Crippen LogP contribution >= 0.6 is 34.8 Å². The van der Waals surface area contributed by atoms with Crippen molar-refractivity contribution in [1.29, 1.82) is 0 Å². The summed E-state index contributed by atoms with van der Waals surface area (Å²) in [7, 11) is 0. The van der Waals surface area contributed by atoms with E-state index in [9.17, 15) is 22.8 Å². The molecule has 170 valence electrons. The number of aromatic nitrogens is 1. The number of benzene rings is 1. The third-order valence-electron chi connectivity index (χ3n) is 3.63. The molecule has 0 atom stereocenters. The highest BCUT2D eigenvalue weighted by Crippen LogP contribution is 2.36. The summed E-state index contributed by atoms with van der Waals surface area (Å²) in [4.78, 5) is 29.0. The van der Waals surface area contributed by atoms with Gasteiger partial charge in [0, 0.05) is 29.4 Å². The van der Waals surface area contributed by atoms with Crippen LogP contribution in [0.4, 0.5) is 24.7 Å². The molecule has 2 N–H and O–H groups in total. The van der Waals surface area contributed by atoms with Crippen molar-refractivity contribution >= 4 is 58.2 Å². The average molecular weight is 512 g/mol. The Bertz CT molecular complexity index is 1080. The van der Waals surface area contributed by atoms with Gasteiger partial charge in [0.2, 0.25) is 5.91 Å². The van der Waals surface area contributed by atoms with Crippen LogP contribution in [0.1, 0.15) is 12.8 Å². The first kappa shape index (κ1) is 25.3. The Morgan fingerprint density at radius 3 is 2.38 bits per heavy atom. The summed E-state index contributed by atoms with van der Waals surface area (Å²) >= 11 is 17.6. The largest absolute Gasteiger partial charge is 0.423 e. The lowest BCUT2D eigenvalue weighted by Gasteiger charge is -2.10. The smallest absolute Gasteiger partial charge is 0.311 e. The topological polar surface area (TPSA) is 129 Å². The molecule has 0 fully saturated rings. The number of carbonyl (C=O) groups is 2. The van der Waals surface area contributed by atoms with Crippen LogP contribution < -0.4 is 15.4 Å². The van der Waals surface area contributed by atoms with E-state index < -0.39 is 41.0 Å². The van der Waals surface area contributed by atoms with E-state index in [1.54, 1.807) is 0 Å². The van der Waals surface area contributed by atoms with E-state index >= 15 is 0 Å². The maximum absolute atomic E-state index is 14.0. The molecule has 2 rings (SSSR count). The van der Waals surface area contributed by atoms with E-state index in [-0.39, 0.29) is 46.7 Å². The second kappa shape index (κ2) is 11.6. The van der Waals surface area contributed by atoms with Crippen LogP contribution in [0, 0.1) is 17.6 Å². The number of amides is 1. The highest BCUT2D eigenvalue weighted by Gasteiger charge is 2.19. The van der Waals surface area contributed by atoms with Crippen molar-refractivity contribution in [1.82, 2.24) is 10.3 Å². The number of rotatable bonds is 9. The van der Waals surface area contributed by atoms with Crippen LogP contribution in [0.5, 0.6) is 5.75 Å². The van der Waals surface area contributed by atoms with Gasteiger partial charge in [-0.1, -0.05) is 39.9 Å². The minimum absolute atomic E-state index is 0.0214. The first-order valence-corrected chi connectivity index (χ1v) is 9.72. The number of anilines is 1. The molecule has 32 heavy (non-hydrogen) atoms. The van der Waals surface area contributed by atoms with Crippen molar-refractivity contribution in [2.45, 2.75) is 12.8 Å². The zero-order valence-electron chi connectivity index (χ0n) is 15.8. The Morgan fingerprint density at radius 2 is 1.75 bits per heavy atom. The molecule has 0 bridgehead atoms. The van der Waals surface area contributed by atoms with Gasteiger partial charge in [0.25, 0.3) is 5.95 Å². The van der Waals surface area contributed by atoms with Crippen molar-refractivity contribution in [2.75, 3.05) is 18.4 Å². The highest BCUT2D eigenvalue weighted by molar-refractivity contribution is 6.40. The molecule has 0 spiro atoms. The molecule has 2 aromatic rings. The summed E-state index contributed by atoms with van der Waals surface area (Å²) in [5, 5.41) is 7.77. The molecule has 9 nitrogen and oxygen atoms in total. The van der Waals surface area contributed by atoms with Gasteiger partial charge in [0.15, 0.2) is 23.2 Å². The van der Waals surface area contributed by atoms with Gasteiger partial charge in [0.05, 0.1) is 16.5 Å². The van der Waals surface area contributed by atoms with Gasteiger partial charge in [-0.3, -0.25) is 9.59 Å². The SMILES string of the molecule is [N-]=[N+]=Nc1c(F)c(F)nc(NCCNC(=O)CCC(=O)Oc2c(Cl)cc(Cl)cc2Cl)c1F. The van der Waals surface area contributed by atoms with Crippen molar-refractivity contribution in [3.8, 4) is 5.75 Å². The molecule has 0 saturated carbocycles. The number of nitrogens with one attached hydrogen (secondary N) is 2. The molecule has 0 aliphatic rings. The minimum atomic E-state index is -1.73. The van der Waals surface area contributed by atoms with Crippen LogP contribution in [0.3, 0.4) is 0 Å². The predicted octanol–water partition coefficient (Wildman–Crippen LogP) is 5.31. The monoisotopic (exact) mass is 510 g/mol. The van der Waals surface area contributed by atoms with Gasteiger partial charge < -0.3 is 15.4 Å². The number of carbonyl (C=O) groups excluding carboxylic acids is 2. The van der Waals surface area contributed by atoms with Crippen LogP contribution in [-0.2, 0) is 9.59 Å². The Kier molecular flexibility index (Phi) is 9.21. The molecule has 1 heterocycles. The van der Waals surface area contributed by atoms with Crippen LogP contribution in [0.25, 0.3) is 10.4 Å². The Morgan fingerprint density at radius 1 is 1.09 bits per heavy atom. The number of nitrogens with zero attached hydrogens (tertiary/aromatic N) is 4. The van der Waals surface area contributed by atoms with Crippen LogP contribution in [0.2, 0.25) is 15.1 Å². The van der Waals surface area contributed by atoms with Crippen molar-refractivity contribution in [3.05, 3.63) is 55.2 Å². The third kappa shape index (κ3) is 6.79. The van der Waals surface area contributed by atoms with Crippen LogP contribution in [-0.4, -0.2) is 29.9 Å². The summed E-state index contributed by atoms with van der Waals surface area (Å²) < 4.78 is 45.8. The fraction of sp³-hybridized carbons (Fsp3) is 0.235. The fourth-order valence-electron chi connectivity index (χ4n) is 2.23. The summed E-state index contributed by atoms with van der Waals surface area (Å²) in [6.07, 6.45) is -0.552. The summed E-state index contributed by atoms with van der Waals surface area (Å²) in [5.41, 5.74) is 7.12. The maximum atomic E-state index is 14.0. The Balaban J connectivity index is 1.80. The number of hydrogen-bond acceptors (Lipinski definition) is 6. The number of esters is 1. The summed E-state index contributed by atoms with van der Waals surface area (Å²) in [5.74, 6) is -6.91. The van der Waals surface area contributed by atoms with Gasteiger partial charge in [-0.25, -0.2) is 8.78 Å². The van der Waals surface area contributed by atoms with Crippen molar-refractivity contribution in [3.63, 3.8) is 0 Å². The number of pyridine rings is 1. The zero-order chi connectivity index (χ0) is 23.8. The number of halogens is 6. The van der Waals surface area contributed by atoms with Gasteiger partial charge in [-0.15, -0.1) is 0 Å². The molecule has 0 radical (unpaired) electrons. The maximum Gasteiger partial charge on any atom is 0.311 e. The van der Waals surface area contributed by atoms with Gasteiger partial charge >= 0.3 is 5.97 Å². The molecule has 0 aliphatic heterocycles. The molecule has 1 amide bonds. The van der Waals surface area contributed by atoms with E-state index in [0.717, 1.165) is 0 Å². The second-order valence-electron chi connectivity index (χ2n) is 5.87. The van der Waals surface area contributed by atoms with E-state index in [1.807, 2.05) is 0 Å². The van der Waals surface area contributed by atoms with E-state index in [1.165, 1.54) is 12.1 Å². The Hall–Kier alpha value is -2.92. The molecular weight excluding hydrogens is 500 g/mol. The van der Waals surface area contributed by atoms with Gasteiger partial charge in [-0.05, 0) is 17.7 Å². The highest BCUT2D eigenvalue weighted by atomic mass is 35.5. The quantitative estimate of drug-likeness (QED) is 0.0896. The number of azide groups is 1. The zero-order valence-corrected chi connectivity index (χ0v) is 18.0. The average Bonchev–Trinajstić information content (AvgIpc) is 2.73. The summed E-state index contributed by atoms with van der Waals surface area (Å²) in [6, 6.07) is 2.66. The lowest BCUT2D eigenvalue weighted by atomic mass is 10.3. The van der Waals surface area contributed by atoms with Crippen molar-refractivity contribution < 1.29 is 27.5 Å². The van der Waals surface area contributed by atoms with Gasteiger partial charge in [0.1, 0.15) is 5.69 Å². The molecule has 1 aromatic carbocycles. The molecule has 1 aromatic heterocycles. The molecule has 15 heteroatoms. The molecular formula is C17H12Cl3F3N6O3. The Labute approximate surface area is 193 Å². The summed E-state index contributed by atoms with van der Waals surface area (Å²) in [6.45, 7) is -0.226. The molecule has 0 saturated heterocycles. The number of hydrogen-bond donors (Lipinski definition) is 2. The van der Waals surface area contributed by atoms with Crippen LogP contribution in [0.15, 0.2) is 17.2 Å². The standard InChI is InChI=1S/C17H12Cl3F3N6O3/c18-7-5-8(19)15(9(20)6-7)32-11(31)2-1-10(30)25-3-4-26-17-13(22)14(28-29-24)12(21)16(23)27-17/h5-6H,1-4H2,(H,25,30)(H,26,27). The van der Waals surface area contributed by atoms with Gasteiger partial charge in [-0.2, -0.15) is 9.37 Å². The third-order valence-corrected chi connectivity index (χ3v) is 4.41. The second-order valence-corrected chi connectivity index (χ2v) is 7.12. The molecule has 0 aliphatic carbocycles.